The third-order valence-electron chi connectivity index (χ3n) is 3.11. The molecular formula is C14H20O3. The highest BCUT2D eigenvalue weighted by Crippen LogP contribution is 2.29. The van der Waals surface area contributed by atoms with Gasteiger partial charge in [-0.2, -0.15) is 0 Å². The molecule has 17 heavy (non-hydrogen) atoms. The Morgan fingerprint density at radius 3 is 2.41 bits per heavy atom. The number of hydrogen-bond donors (Lipinski definition) is 1. The van der Waals surface area contributed by atoms with Crippen LogP contribution in [0.2, 0.25) is 0 Å². The summed E-state index contributed by atoms with van der Waals surface area (Å²) in [5.41, 5.74) is 0.580. The molecule has 0 aliphatic carbocycles. The third kappa shape index (κ3) is 3.07. The number of carbonyl (C=O) groups excluding carboxylic acids is 1. The van der Waals surface area contributed by atoms with Crippen LogP contribution in [0.1, 0.15) is 37.8 Å². The maximum atomic E-state index is 11.7. The largest absolute Gasteiger partial charge is 0.464 e. The number of rotatable bonds is 4. The monoisotopic (exact) mass is 236 g/mol. The van der Waals surface area contributed by atoms with Crippen LogP contribution >= 0.6 is 0 Å². The highest BCUT2D eigenvalue weighted by Gasteiger charge is 2.38. The Kier molecular flexibility index (Phi) is 4.29. The lowest BCUT2D eigenvalue weighted by molar-refractivity contribution is -0.165. The number of aliphatic hydroxyl groups is 1. The molecule has 0 saturated heterocycles. The van der Waals surface area contributed by atoms with E-state index in [4.69, 9.17) is 4.74 Å². The normalized spacial score (nSPS) is 16.1. The van der Waals surface area contributed by atoms with Crippen LogP contribution in [-0.4, -0.2) is 23.3 Å². The summed E-state index contributed by atoms with van der Waals surface area (Å²) in [5.74, 6) is -0.879. The second-order valence-electron chi connectivity index (χ2n) is 4.50. The first kappa shape index (κ1) is 13.7. The lowest BCUT2D eigenvalue weighted by Gasteiger charge is -2.28. The van der Waals surface area contributed by atoms with E-state index in [1.165, 1.54) is 6.92 Å². The van der Waals surface area contributed by atoms with Crippen LogP contribution in [0.4, 0.5) is 0 Å². The number of benzene rings is 1. The Hall–Kier alpha value is -1.35. The van der Waals surface area contributed by atoms with E-state index in [1.807, 2.05) is 38.1 Å². The lowest BCUT2D eigenvalue weighted by atomic mass is 9.84. The highest BCUT2D eigenvalue weighted by molar-refractivity contribution is 5.80. The van der Waals surface area contributed by atoms with Gasteiger partial charge in [-0.25, -0.2) is 4.79 Å². The number of aryl methyl sites for hydroxylation is 1. The van der Waals surface area contributed by atoms with Crippen LogP contribution in [0, 0.1) is 6.92 Å². The number of carbonyl (C=O) groups is 1. The van der Waals surface area contributed by atoms with Crippen molar-refractivity contribution in [3.05, 3.63) is 35.4 Å². The molecule has 1 N–H and O–H groups in total. The van der Waals surface area contributed by atoms with E-state index >= 15 is 0 Å². The van der Waals surface area contributed by atoms with Gasteiger partial charge in [0.2, 0.25) is 0 Å². The molecule has 1 rings (SSSR count). The fraction of sp³-hybridized carbons (Fsp3) is 0.500. The molecule has 3 nitrogen and oxygen atoms in total. The van der Waals surface area contributed by atoms with Crippen LogP contribution in [0.5, 0.6) is 0 Å². The van der Waals surface area contributed by atoms with E-state index < -0.39 is 11.6 Å². The number of ether oxygens (including phenoxy) is 1. The lowest BCUT2D eigenvalue weighted by Crippen LogP contribution is -2.41. The van der Waals surface area contributed by atoms with Crippen molar-refractivity contribution in [2.75, 3.05) is 6.61 Å². The summed E-state index contributed by atoms with van der Waals surface area (Å²) >= 11 is 0. The van der Waals surface area contributed by atoms with Gasteiger partial charge < -0.3 is 9.84 Å². The molecule has 0 aromatic heterocycles. The van der Waals surface area contributed by atoms with Gasteiger partial charge in [0.1, 0.15) is 0 Å². The molecule has 0 saturated carbocycles. The Bertz CT molecular complexity index is 379. The van der Waals surface area contributed by atoms with Gasteiger partial charge in [-0.15, -0.1) is 0 Å². The van der Waals surface area contributed by atoms with E-state index in [0.717, 1.165) is 11.1 Å². The van der Waals surface area contributed by atoms with Crippen molar-refractivity contribution in [3.8, 4) is 0 Å². The molecule has 0 amide bonds. The fourth-order valence-electron chi connectivity index (χ4n) is 1.63. The van der Waals surface area contributed by atoms with Crippen molar-refractivity contribution >= 4 is 5.97 Å². The molecule has 0 fully saturated rings. The van der Waals surface area contributed by atoms with Crippen molar-refractivity contribution in [3.63, 3.8) is 0 Å². The molecule has 3 heteroatoms. The van der Waals surface area contributed by atoms with Crippen LogP contribution in [0.25, 0.3) is 0 Å². The fourth-order valence-corrected chi connectivity index (χ4v) is 1.63. The van der Waals surface area contributed by atoms with Crippen molar-refractivity contribution in [1.82, 2.24) is 0 Å². The predicted molar refractivity (Wildman–Crippen MR) is 66.9 cm³/mol. The molecule has 2 atom stereocenters. The molecule has 1 aromatic carbocycles. The molecule has 0 heterocycles. The van der Waals surface area contributed by atoms with Crippen molar-refractivity contribution in [2.45, 2.75) is 39.2 Å². The Morgan fingerprint density at radius 2 is 1.94 bits per heavy atom. The van der Waals surface area contributed by atoms with Gasteiger partial charge in [0.05, 0.1) is 6.61 Å². The summed E-state index contributed by atoms with van der Waals surface area (Å²) in [7, 11) is 0. The Labute approximate surface area is 102 Å². The van der Waals surface area contributed by atoms with Gasteiger partial charge in [-0.1, -0.05) is 36.8 Å². The van der Waals surface area contributed by atoms with Gasteiger partial charge in [0.25, 0.3) is 0 Å². The van der Waals surface area contributed by atoms with Crippen LogP contribution in [0.15, 0.2) is 24.3 Å². The summed E-state index contributed by atoms with van der Waals surface area (Å²) in [5, 5.41) is 10.2. The first-order valence-electron chi connectivity index (χ1n) is 5.85. The molecule has 0 radical (unpaired) electrons. The van der Waals surface area contributed by atoms with E-state index in [0.29, 0.717) is 0 Å². The minimum absolute atomic E-state index is 0.273. The zero-order chi connectivity index (χ0) is 13.1. The smallest absolute Gasteiger partial charge is 0.338 e. The summed E-state index contributed by atoms with van der Waals surface area (Å²) in [6.45, 7) is 7.31. The molecule has 0 aliphatic rings. The van der Waals surface area contributed by atoms with Crippen molar-refractivity contribution < 1.29 is 14.6 Å². The first-order valence-corrected chi connectivity index (χ1v) is 5.85. The third-order valence-corrected chi connectivity index (χ3v) is 3.11. The van der Waals surface area contributed by atoms with Crippen LogP contribution in [0.3, 0.4) is 0 Å². The highest BCUT2D eigenvalue weighted by atomic mass is 16.5. The van der Waals surface area contributed by atoms with Gasteiger partial charge in [-0.05, 0) is 26.3 Å². The average Bonchev–Trinajstić information content (AvgIpc) is 2.29. The Morgan fingerprint density at radius 1 is 1.41 bits per heavy atom. The Balaban J connectivity index is 2.91. The topological polar surface area (TPSA) is 46.5 Å². The van der Waals surface area contributed by atoms with E-state index in [-0.39, 0.29) is 12.5 Å². The van der Waals surface area contributed by atoms with Crippen LogP contribution < -0.4 is 0 Å². The average molecular weight is 236 g/mol. The first-order chi connectivity index (χ1) is 7.89. The van der Waals surface area contributed by atoms with Crippen molar-refractivity contribution in [2.24, 2.45) is 0 Å². The summed E-state index contributed by atoms with van der Waals surface area (Å²) in [6, 6.07) is 7.78. The van der Waals surface area contributed by atoms with E-state index in [1.54, 1.807) is 6.92 Å². The summed E-state index contributed by atoms with van der Waals surface area (Å²) < 4.78 is 4.88. The van der Waals surface area contributed by atoms with Gasteiger partial charge in [-0.3, -0.25) is 0 Å². The van der Waals surface area contributed by atoms with Crippen LogP contribution in [-0.2, 0) is 9.53 Å². The molecule has 0 aliphatic heterocycles. The number of esters is 1. The van der Waals surface area contributed by atoms with Gasteiger partial charge in [0.15, 0.2) is 5.60 Å². The maximum absolute atomic E-state index is 11.7. The quantitative estimate of drug-likeness (QED) is 0.817. The van der Waals surface area contributed by atoms with Crippen molar-refractivity contribution in [1.29, 1.82) is 0 Å². The zero-order valence-corrected chi connectivity index (χ0v) is 10.9. The second-order valence-corrected chi connectivity index (χ2v) is 4.50. The van der Waals surface area contributed by atoms with E-state index in [9.17, 15) is 9.90 Å². The van der Waals surface area contributed by atoms with Gasteiger partial charge >= 0.3 is 5.97 Å². The van der Waals surface area contributed by atoms with Gasteiger partial charge in [0, 0.05) is 5.92 Å². The van der Waals surface area contributed by atoms with E-state index in [2.05, 4.69) is 0 Å². The standard InChI is InChI=1S/C14H20O3/c1-5-17-13(15)14(4,16)11(3)12-8-6-10(2)7-9-12/h6-9,11,16H,5H2,1-4H3. The number of hydrogen-bond acceptors (Lipinski definition) is 3. The SMILES string of the molecule is CCOC(=O)C(C)(O)C(C)c1ccc(C)cc1. The second kappa shape index (κ2) is 5.32. The molecule has 1 aromatic rings. The minimum atomic E-state index is -1.49. The summed E-state index contributed by atoms with van der Waals surface area (Å²) in [6.07, 6.45) is 0. The predicted octanol–water partition coefficient (Wildman–Crippen LogP) is 2.41. The molecular weight excluding hydrogens is 216 g/mol. The zero-order valence-electron chi connectivity index (χ0n) is 10.9. The maximum Gasteiger partial charge on any atom is 0.338 e. The molecule has 0 bridgehead atoms. The molecule has 94 valence electrons. The summed E-state index contributed by atoms with van der Waals surface area (Å²) in [4.78, 5) is 11.7. The molecule has 0 spiro atoms. The minimum Gasteiger partial charge on any atom is -0.464 e. The molecule has 2 unspecified atom stereocenters.